The summed E-state index contributed by atoms with van der Waals surface area (Å²) in [6.07, 6.45) is 3.66. The van der Waals surface area contributed by atoms with E-state index in [4.69, 9.17) is 0 Å². The second kappa shape index (κ2) is 5.40. The molecule has 1 atom stereocenters. The van der Waals surface area contributed by atoms with Crippen LogP contribution in [0.3, 0.4) is 0 Å². The Kier molecular flexibility index (Phi) is 5.27. The lowest BCUT2D eigenvalue weighted by Gasteiger charge is -2.16. The van der Waals surface area contributed by atoms with Gasteiger partial charge >= 0.3 is 0 Å². The van der Waals surface area contributed by atoms with Gasteiger partial charge in [0.05, 0.1) is 0 Å². The molecule has 0 aromatic heterocycles. The minimum atomic E-state index is 0.795. The highest BCUT2D eigenvalue weighted by Crippen LogP contribution is 2.20. The van der Waals surface area contributed by atoms with Crippen LogP contribution in [-0.2, 0) is 0 Å². The zero-order chi connectivity index (χ0) is 8.85. The molecule has 1 unspecified atom stereocenters. The topological polar surface area (TPSA) is 0 Å². The predicted molar refractivity (Wildman–Crippen MR) is 52.7 cm³/mol. The fourth-order valence-electron chi connectivity index (χ4n) is 1.15. The maximum atomic E-state index is 4.07. The Morgan fingerprint density at radius 3 is 2.18 bits per heavy atom. The van der Waals surface area contributed by atoms with E-state index in [1.54, 1.807) is 0 Å². The Balaban J connectivity index is 3.57. The first kappa shape index (κ1) is 10.7. The first-order chi connectivity index (χ1) is 5.07. The van der Waals surface area contributed by atoms with Crippen molar-refractivity contribution < 1.29 is 0 Å². The molecule has 66 valence electrons. The van der Waals surface area contributed by atoms with Gasteiger partial charge in [-0.2, -0.15) is 0 Å². The molecule has 0 nitrogen and oxygen atoms in total. The molecule has 11 heavy (non-hydrogen) atoms. The normalized spacial score (nSPS) is 13.5. The van der Waals surface area contributed by atoms with Crippen molar-refractivity contribution in [2.75, 3.05) is 0 Å². The van der Waals surface area contributed by atoms with Crippen LogP contribution in [-0.4, -0.2) is 0 Å². The maximum Gasteiger partial charge on any atom is -0.0295 e. The first-order valence-electron chi connectivity index (χ1n) is 4.74. The highest BCUT2D eigenvalue weighted by atomic mass is 14.1. The maximum absolute atomic E-state index is 4.07. The van der Waals surface area contributed by atoms with Gasteiger partial charge in [-0.3, -0.25) is 0 Å². The summed E-state index contributed by atoms with van der Waals surface area (Å²) in [6, 6.07) is 0. The average molecular weight is 154 g/mol. The molecule has 0 aliphatic carbocycles. The van der Waals surface area contributed by atoms with Crippen molar-refractivity contribution in [1.29, 1.82) is 0 Å². The second-order valence-electron chi connectivity index (χ2n) is 3.93. The van der Waals surface area contributed by atoms with Crippen molar-refractivity contribution in [3.05, 3.63) is 12.2 Å². The van der Waals surface area contributed by atoms with Crippen molar-refractivity contribution in [1.82, 2.24) is 0 Å². The van der Waals surface area contributed by atoms with Crippen LogP contribution in [0.5, 0.6) is 0 Å². The number of allylic oxidation sites excluding steroid dienone is 1. The fraction of sp³-hybridized carbons (Fsp3) is 0.818. The predicted octanol–water partition coefficient (Wildman–Crippen LogP) is 4.02. The van der Waals surface area contributed by atoms with E-state index in [-0.39, 0.29) is 0 Å². The SMILES string of the molecule is C=C(CCC)CC(C)C(C)C. The zero-order valence-electron chi connectivity index (χ0n) is 8.48. The molecular formula is C11H22. The van der Waals surface area contributed by atoms with Crippen LogP contribution in [0.1, 0.15) is 47.0 Å². The Bertz CT molecular complexity index is 111. The molecular weight excluding hydrogens is 132 g/mol. The summed E-state index contributed by atoms with van der Waals surface area (Å²) in [7, 11) is 0. The smallest absolute Gasteiger partial charge is 0.0295 e. The lowest BCUT2D eigenvalue weighted by atomic mass is 9.90. The average Bonchev–Trinajstić information content (AvgIpc) is 1.87. The van der Waals surface area contributed by atoms with E-state index < -0.39 is 0 Å². The van der Waals surface area contributed by atoms with Gasteiger partial charge in [-0.1, -0.05) is 46.3 Å². The molecule has 0 saturated heterocycles. The Morgan fingerprint density at radius 1 is 1.27 bits per heavy atom. The molecule has 0 amide bonds. The quantitative estimate of drug-likeness (QED) is 0.524. The van der Waals surface area contributed by atoms with Crippen molar-refractivity contribution in [2.45, 2.75) is 47.0 Å². The minimum Gasteiger partial charge on any atom is -0.0999 e. The summed E-state index contributed by atoms with van der Waals surface area (Å²) in [5, 5.41) is 0. The van der Waals surface area contributed by atoms with Gasteiger partial charge in [-0.25, -0.2) is 0 Å². The van der Waals surface area contributed by atoms with Crippen LogP contribution in [0.25, 0.3) is 0 Å². The highest BCUT2D eigenvalue weighted by Gasteiger charge is 2.07. The largest absolute Gasteiger partial charge is 0.0999 e. The van der Waals surface area contributed by atoms with Gasteiger partial charge in [0, 0.05) is 0 Å². The van der Waals surface area contributed by atoms with E-state index in [1.807, 2.05) is 0 Å². The third-order valence-corrected chi connectivity index (χ3v) is 2.35. The van der Waals surface area contributed by atoms with Gasteiger partial charge in [0.15, 0.2) is 0 Å². The van der Waals surface area contributed by atoms with Crippen LogP contribution in [0, 0.1) is 11.8 Å². The number of hydrogen-bond donors (Lipinski definition) is 0. The summed E-state index contributed by atoms with van der Waals surface area (Å²) in [6.45, 7) is 13.2. The molecule has 0 N–H and O–H groups in total. The summed E-state index contributed by atoms with van der Waals surface area (Å²) in [4.78, 5) is 0. The summed E-state index contributed by atoms with van der Waals surface area (Å²) < 4.78 is 0. The minimum absolute atomic E-state index is 0.795. The van der Waals surface area contributed by atoms with Crippen LogP contribution in [0.4, 0.5) is 0 Å². The molecule has 0 fully saturated rings. The Morgan fingerprint density at radius 2 is 1.82 bits per heavy atom. The summed E-state index contributed by atoms with van der Waals surface area (Å²) >= 11 is 0. The van der Waals surface area contributed by atoms with Crippen LogP contribution in [0.15, 0.2) is 12.2 Å². The molecule has 0 rings (SSSR count). The number of hydrogen-bond acceptors (Lipinski definition) is 0. The molecule has 0 heterocycles. The Hall–Kier alpha value is -0.260. The molecule has 0 aliphatic heterocycles. The molecule has 0 aromatic carbocycles. The van der Waals surface area contributed by atoms with Gasteiger partial charge < -0.3 is 0 Å². The van der Waals surface area contributed by atoms with Crippen molar-refractivity contribution >= 4 is 0 Å². The van der Waals surface area contributed by atoms with E-state index >= 15 is 0 Å². The van der Waals surface area contributed by atoms with Gasteiger partial charge in [-0.05, 0) is 24.7 Å². The van der Waals surface area contributed by atoms with E-state index in [1.165, 1.54) is 24.8 Å². The van der Waals surface area contributed by atoms with E-state index in [9.17, 15) is 0 Å². The second-order valence-corrected chi connectivity index (χ2v) is 3.93. The van der Waals surface area contributed by atoms with Crippen molar-refractivity contribution in [3.63, 3.8) is 0 Å². The van der Waals surface area contributed by atoms with E-state index in [2.05, 4.69) is 34.3 Å². The third kappa shape index (κ3) is 5.06. The molecule has 0 aliphatic rings. The Labute approximate surface area is 71.7 Å². The third-order valence-electron chi connectivity index (χ3n) is 2.35. The molecule has 0 heteroatoms. The monoisotopic (exact) mass is 154 g/mol. The van der Waals surface area contributed by atoms with Gasteiger partial charge in [0.2, 0.25) is 0 Å². The summed E-state index contributed by atoms with van der Waals surface area (Å²) in [5.41, 5.74) is 1.42. The molecule has 0 radical (unpaired) electrons. The standard InChI is InChI=1S/C11H22/c1-6-7-10(4)8-11(5)9(2)3/h9,11H,4,6-8H2,1-3,5H3. The van der Waals surface area contributed by atoms with Crippen LogP contribution in [0.2, 0.25) is 0 Å². The zero-order valence-corrected chi connectivity index (χ0v) is 8.48. The van der Waals surface area contributed by atoms with Crippen molar-refractivity contribution in [2.24, 2.45) is 11.8 Å². The van der Waals surface area contributed by atoms with Gasteiger partial charge in [0.1, 0.15) is 0 Å². The molecule has 0 saturated carbocycles. The summed E-state index contributed by atoms with van der Waals surface area (Å²) in [5.74, 6) is 1.60. The fourth-order valence-corrected chi connectivity index (χ4v) is 1.15. The molecule has 0 spiro atoms. The van der Waals surface area contributed by atoms with Crippen LogP contribution < -0.4 is 0 Å². The highest BCUT2D eigenvalue weighted by molar-refractivity contribution is 4.95. The molecule has 0 aromatic rings. The lowest BCUT2D eigenvalue weighted by Crippen LogP contribution is -2.04. The van der Waals surface area contributed by atoms with E-state index in [0.29, 0.717) is 0 Å². The van der Waals surface area contributed by atoms with Crippen LogP contribution >= 0.6 is 0 Å². The van der Waals surface area contributed by atoms with Crippen molar-refractivity contribution in [3.8, 4) is 0 Å². The van der Waals surface area contributed by atoms with Gasteiger partial charge in [-0.15, -0.1) is 0 Å². The first-order valence-corrected chi connectivity index (χ1v) is 4.74. The van der Waals surface area contributed by atoms with E-state index in [0.717, 1.165) is 11.8 Å². The molecule has 0 bridgehead atoms. The lowest BCUT2D eigenvalue weighted by molar-refractivity contribution is 0.412. The number of rotatable bonds is 5. The van der Waals surface area contributed by atoms with Gasteiger partial charge in [0.25, 0.3) is 0 Å².